The topological polar surface area (TPSA) is 59.0 Å². The Bertz CT molecular complexity index is 343. The smallest absolute Gasteiger partial charge is 0.271 e. The highest BCUT2D eigenvalue weighted by Gasteiger charge is 2.19. The third-order valence-electron chi connectivity index (χ3n) is 2.37. The monoisotopic (exact) mass is 208 g/mol. The highest BCUT2D eigenvalue weighted by atomic mass is 16.1. The van der Waals surface area contributed by atoms with Crippen LogP contribution in [0.5, 0.6) is 0 Å². The molecule has 1 fully saturated rings. The molecule has 2 rings (SSSR count). The minimum absolute atomic E-state index is 0.104. The van der Waals surface area contributed by atoms with Crippen LogP contribution in [0.2, 0.25) is 0 Å². The predicted molar refractivity (Wildman–Crippen MR) is 56.6 cm³/mol. The van der Waals surface area contributed by atoms with Gasteiger partial charge in [0.2, 0.25) is 0 Å². The summed E-state index contributed by atoms with van der Waals surface area (Å²) in [6.45, 7) is 1.50. The van der Waals surface area contributed by atoms with Crippen molar-refractivity contribution in [2.75, 3.05) is 13.1 Å². The van der Waals surface area contributed by atoms with Gasteiger partial charge in [0.1, 0.15) is 5.69 Å². The van der Waals surface area contributed by atoms with Crippen molar-refractivity contribution in [3.63, 3.8) is 0 Å². The number of aromatic nitrogens is 2. The Labute approximate surface area is 88.8 Å². The van der Waals surface area contributed by atoms with Gasteiger partial charge >= 0.3 is 0 Å². The van der Waals surface area contributed by atoms with E-state index in [2.05, 4.69) is 15.7 Å². The van der Waals surface area contributed by atoms with E-state index in [0.29, 0.717) is 18.3 Å². The zero-order valence-corrected chi connectivity index (χ0v) is 8.86. The van der Waals surface area contributed by atoms with Crippen LogP contribution in [0, 0.1) is 0 Å². The van der Waals surface area contributed by atoms with Gasteiger partial charge in [-0.2, -0.15) is 5.10 Å². The summed E-state index contributed by atoms with van der Waals surface area (Å²) in [7, 11) is 1.80. The highest BCUT2D eigenvalue weighted by molar-refractivity contribution is 5.92. The summed E-state index contributed by atoms with van der Waals surface area (Å²) < 4.78 is 1.62. The minimum Gasteiger partial charge on any atom is -0.349 e. The molecule has 1 saturated carbocycles. The Morgan fingerprint density at radius 1 is 1.60 bits per heavy atom. The summed E-state index contributed by atoms with van der Waals surface area (Å²) in [6.07, 6.45) is 4.31. The van der Waals surface area contributed by atoms with Crippen LogP contribution in [-0.4, -0.2) is 34.8 Å². The number of rotatable bonds is 5. The van der Waals surface area contributed by atoms with E-state index >= 15 is 0 Å². The number of hydrogen-bond donors (Lipinski definition) is 2. The molecule has 0 radical (unpaired) electrons. The van der Waals surface area contributed by atoms with Crippen LogP contribution >= 0.6 is 0 Å². The third kappa shape index (κ3) is 3.06. The predicted octanol–water partition coefficient (Wildman–Crippen LogP) is -0.0981. The molecule has 1 heterocycles. The molecule has 82 valence electrons. The Morgan fingerprint density at radius 2 is 2.40 bits per heavy atom. The molecule has 0 unspecified atom stereocenters. The first-order valence-electron chi connectivity index (χ1n) is 5.27. The molecule has 15 heavy (non-hydrogen) atoms. The maximum Gasteiger partial charge on any atom is 0.271 e. The molecule has 0 saturated heterocycles. The van der Waals surface area contributed by atoms with Crippen LogP contribution in [0.1, 0.15) is 23.3 Å². The number of nitrogens with one attached hydrogen (secondary N) is 2. The van der Waals surface area contributed by atoms with Crippen LogP contribution in [-0.2, 0) is 7.05 Å². The van der Waals surface area contributed by atoms with Crippen molar-refractivity contribution >= 4 is 5.91 Å². The van der Waals surface area contributed by atoms with Crippen LogP contribution in [0.25, 0.3) is 0 Å². The number of amides is 1. The van der Waals surface area contributed by atoms with E-state index in [4.69, 9.17) is 0 Å². The summed E-state index contributed by atoms with van der Waals surface area (Å²) in [5, 5.41) is 10.2. The molecule has 0 bridgehead atoms. The molecule has 0 spiro atoms. The lowest BCUT2D eigenvalue weighted by Crippen LogP contribution is -2.32. The summed E-state index contributed by atoms with van der Waals surface area (Å²) in [5.41, 5.74) is 0.476. The number of carbonyl (C=O) groups is 1. The second kappa shape index (κ2) is 4.44. The van der Waals surface area contributed by atoms with E-state index in [0.717, 1.165) is 6.54 Å². The van der Waals surface area contributed by atoms with Gasteiger partial charge in [0.05, 0.1) is 0 Å². The molecule has 1 aliphatic carbocycles. The fraction of sp³-hybridized carbons (Fsp3) is 0.600. The van der Waals surface area contributed by atoms with Gasteiger partial charge in [0, 0.05) is 32.4 Å². The molecule has 0 aliphatic heterocycles. The van der Waals surface area contributed by atoms with Gasteiger partial charge in [-0.25, -0.2) is 0 Å². The normalized spacial score (nSPS) is 15.3. The molecule has 2 N–H and O–H groups in total. The number of aryl methyl sites for hydroxylation is 1. The first-order valence-corrected chi connectivity index (χ1v) is 5.27. The molecular weight excluding hydrogens is 192 g/mol. The standard InChI is InChI=1S/C10H16N4O/c1-14-7-4-9(13-14)10(15)12-6-5-11-8-2-3-8/h4,7-8,11H,2-3,5-6H2,1H3,(H,12,15). The molecular formula is C10H16N4O. The highest BCUT2D eigenvalue weighted by Crippen LogP contribution is 2.17. The van der Waals surface area contributed by atoms with Gasteiger partial charge < -0.3 is 10.6 Å². The maximum absolute atomic E-state index is 11.5. The summed E-state index contributed by atoms with van der Waals surface area (Å²) in [4.78, 5) is 11.5. The van der Waals surface area contributed by atoms with E-state index < -0.39 is 0 Å². The Hall–Kier alpha value is -1.36. The summed E-state index contributed by atoms with van der Waals surface area (Å²) in [5.74, 6) is -0.104. The van der Waals surface area contributed by atoms with E-state index in [1.807, 2.05) is 0 Å². The lowest BCUT2D eigenvalue weighted by Gasteiger charge is -2.03. The quantitative estimate of drug-likeness (QED) is 0.664. The van der Waals surface area contributed by atoms with Crippen molar-refractivity contribution in [3.05, 3.63) is 18.0 Å². The van der Waals surface area contributed by atoms with Gasteiger partial charge in [-0.05, 0) is 18.9 Å². The third-order valence-corrected chi connectivity index (χ3v) is 2.37. The second-order valence-corrected chi connectivity index (χ2v) is 3.86. The Morgan fingerprint density at radius 3 is 3.00 bits per heavy atom. The lowest BCUT2D eigenvalue weighted by atomic mass is 10.4. The molecule has 1 amide bonds. The number of carbonyl (C=O) groups excluding carboxylic acids is 1. The average Bonchev–Trinajstić information content (AvgIpc) is 2.94. The fourth-order valence-electron chi connectivity index (χ4n) is 1.37. The zero-order valence-electron chi connectivity index (χ0n) is 8.86. The van der Waals surface area contributed by atoms with Crippen molar-refractivity contribution < 1.29 is 4.79 Å². The first-order chi connectivity index (χ1) is 7.25. The van der Waals surface area contributed by atoms with Gasteiger partial charge in [0.15, 0.2) is 0 Å². The SMILES string of the molecule is Cn1ccc(C(=O)NCCNC2CC2)n1. The fourth-order valence-corrected chi connectivity index (χ4v) is 1.37. The molecule has 5 nitrogen and oxygen atoms in total. The number of nitrogens with zero attached hydrogens (tertiary/aromatic N) is 2. The van der Waals surface area contributed by atoms with Gasteiger partial charge in [-0.3, -0.25) is 9.48 Å². The average molecular weight is 208 g/mol. The van der Waals surface area contributed by atoms with Crippen molar-refractivity contribution in [1.82, 2.24) is 20.4 Å². The van der Waals surface area contributed by atoms with Gasteiger partial charge in [-0.1, -0.05) is 0 Å². The van der Waals surface area contributed by atoms with Crippen molar-refractivity contribution in [2.45, 2.75) is 18.9 Å². The van der Waals surface area contributed by atoms with E-state index in [-0.39, 0.29) is 5.91 Å². The van der Waals surface area contributed by atoms with Crippen molar-refractivity contribution in [1.29, 1.82) is 0 Å². The van der Waals surface area contributed by atoms with Gasteiger partial charge in [-0.15, -0.1) is 0 Å². The maximum atomic E-state index is 11.5. The second-order valence-electron chi connectivity index (χ2n) is 3.86. The van der Waals surface area contributed by atoms with Crippen LogP contribution in [0.15, 0.2) is 12.3 Å². The van der Waals surface area contributed by atoms with Crippen LogP contribution < -0.4 is 10.6 Å². The molecule has 5 heteroatoms. The summed E-state index contributed by atoms with van der Waals surface area (Å²) >= 11 is 0. The van der Waals surface area contributed by atoms with Crippen LogP contribution in [0.3, 0.4) is 0 Å². The van der Waals surface area contributed by atoms with Crippen molar-refractivity contribution in [3.8, 4) is 0 Å². The number of hydrogen-bond acceptors (Lipinski definition) is 3. The molecule has 1 aromatic rings. The lowest BCUT2D eigenvalue weighted by molar-refractivity contribution is 0.0948. The molecule has 1 aliphatic rings. The summed E-state index contributed by atoms with van der Waals surface area (Å²) in [6, 6.07) is 2.40. The molecule has 0 aromatic carbocycles. The Balaban J connectivity index is 1.67. The van der Waals surface area contributed by atoms with Crippen molar-refractivity contribution in [2.24, 2.45) is 7.05 Å². The first kappa shape index (κ1) is 10.2. The Kier molecular flexibility index (Phi) is 3.01. The van der Waals surface area contributed by atoms with Crippen LogP contribution in [0.4, 0.5) is 0 Å². The molecule has 0 atom stereocenters. The van der Waals surface area contributed by atoms with E-state index in [9.17, 15) is 4.79 Å². The molecule has 1 aromatic heterocycles. The van der Waals surface area contributed by atoms with E-state index in [1.165, 1.54) is 12.8 Å². The van der Waals surface area contributed by atoms with Gasteiger partial charge in [0.25, 0.3) is 5.91 Å². The minimum atomic E-state index is -0.104. The van der Waals surface area contributed by atoms with E-state index in [1.54, 1.807) is 24.0 Å². The largest absolute Gasteiger partial charge is 0.349 e. The zero-order chi connectivity index (χ0) is 10.7.